The summed E-state index contributed by atoms with van der Waals surface area (Å²) in [5.41, 5.74) is 2.44. The lowest BCUT2D eigenvalue weighted by Gasteiger charge is -2.18. The van der Waals surface area contributed by atoms with Crippen LogP contribution in [0.5, 0.6) is 11.5 Å². The molecule has 0 aliphatic heterocycles. The van der Waals surface area contributed by atoms with Gasteiger partial charge >= 0.3 is 6.16 Å². The Kier molecular flexibility index (Phi) is 9.33. The number of non-ortho nitro benzene ring substituents is 1. The van der Waals surface area contributed by atoms with Crippen LogP contribution in [0.2, 0.25) is 0 Å². The molecule has 0 heterocycles. The lowest BCUT2D eigenvalue weighted by molar-refractivity contribution is -0.384. The maximum atomic E-state index is 12.2. The molecule has 2 aromatic carbocycles. The third-order valence-corrected chi connectivity index (χ3v) is 4.89. The van der Waals surface area contributed by atoms with Gasteiger partial charge in [-0.1, -0.05) is 19.6 Å². The number of allylic oxidation sites excluding steroid dienone is 1. The molecule has 0 bridgehead atoms. The second kappa shape index (κ2) is 12.2. The molecule has 0 radical (unpaired) electrons. The first-order valence-corrected chi connectivity index (χ1v) is 10.4. The summed E-state index contributed by atoms with van der Waals surface area (Å²) in [7, 11) is 3.37. The van der Waals surface area contributed by atoms with Crippen LogP contribution >= 0.6 is 0 Å². The number of hydrogen-bond donors (Lipinski definition) is 2. The van der Waals surface area contributed by atoms with Gasteiger partial charge in [0.2, 0.25) is 0 Å². The van der Waals surface area contributed by atoms with Crippen molar-refractivity contribution in [3.63, 3.8) is 0 Å². The van der Waals surface area contributed by atoms with Gasteiger partial charge in [0.1, 0.15) is 11.5 Å². The van der Waals surface area contributed by atoms with E-state index in [0.29, 0.717) is 6.42 Å². The fourth-order valence-electron chi connectivity index (χ4n) is 3.03. The standard InChI is InChI=1S/C24H27N3O7/c1-5-17(12-13-26(4)23(29)16(2)15-28)21-14-20(10-11-22(21)25-3)34-24(30)33-19-8-6-18(7-9-19)27(31)32/h6-12,14,25,28H,2,5,13,15H2,1,3-4H3/b17-12+. The monoisotopic (exact) mass is 469 g/mol. The number of nitrogens with zero attached hydrogens (tertiary/aromatic N) is 2. The first-order valence-electron chi connectivity index (χ1n) is 10.4. The van der Waals surface area contributed by atoms with Crippen LogP contribution in [-0.2, 0) is 4.79 Å². The van der Waals surface area contributed by atoms with Gasteiger partial charge in [0, 0.05) is 49.6 Å². The lowest BCUT2D eigenvalue weighted by atomic mass is 10.0. The quantitative estimate of drug-likeness (QED) is 0.175. The summed E-state index contributed by atoms with van der Waals surface area (Å²) in [5.74, 6) is -0.0125. The number of ether oxygens (including phenoxy) is 2. The Morgan fingerprint density at radius 3 is 2.35 bits per heavy atom. The van der Waals surface area contributed by atoms with Gasteiger partial charge in [-0.2, -0.15) is 0 Å². The number of nitro benzene ring substituents is 1. The van der Waals surface area contributed by atoms with Gasteiger partial charge in [-0.15, -0.1) is 0 Å². The zero-order valence-corrected chi connectivity index (χ0v) is 19.2. The molecular weight excluding hydrogens is 442 g/mol. The minimum absolute atomic E-state index is 0.104. The summed E-state index contributed by atoms with van der Waals surface area (Å²) >= 11 is 0. The Balaban J connectivity index is 2.18. The highest BCUT2D eigenvalue weighted by molar-refractivity contribution is 5.93. The molecule has 10 heteroatoms. The molecule has 0 aromatic heterocycles. The minimum atomic E-state index is -0.994. The van der Waals surface area contributed by atoms with Gasteiger partial charge in [0.05, 0.1) is 11.5 Å². The van der Waals surface area contributed by atoms with E-state index >= 15 is 0 Å². The van der Waals surface area contributed by atoms with Crippen LogP contribution in [0.3, 0.4) is 0 Å². The lowest BCUT2D eigenvalue weighted by Crippen LogP contribution is -2.29. The molecule has 0 saturated carbocycles. The molecule has 180 valence electrons. The summed E-state index contributed by atoms with van der Waals surface area (Å²) < 4.78 is 10.4. The number of carbonyl (C=O) groups excluding carboxylic acids is 2. The highest BCUT2D eigenvalue weighted by atomic mass is 16.7. The van der Waals surface area contributed by atoms with Crippen molar-refractivity contribution in [3.8, 4) is 11.5 Å². The van der Waals surface area contributed by atoms with Crippen LogP contribution in [0.15, 0.2) is 60.7 Å². The van der Waals surface area contributed by atoms with E-state index < -0.39 is 17.7 Å². The number of nitrogens with one attached hydrogen (secondary N) is 1. The molecular formula is C24H27N3O7. The van der Waals surface area contributed by atoms with Crippen LogP contribution < -0.4 is 14.8 Å². The molecule has 0 saturated heterocycles. The van der Waals surface area contributed by atoms with E-state index in [-0.39, 0.29) is 35.2 Å². The maximum Gasteiger partial charge on any atom is 0.519 e. The van der Waals surface area contributed by atoms with Crippen molar-refractivity contribution in [2.24, 2.45) is 0 Å². The van der Waals surface area contributed by atoms with Crippen LogP contribution in [0.1, 0.15) is 18.9 Å². The minimum Gasteiger partial charge on any atom is -0.395 e. The molecule has 34 heavy (non-hydrogen) atoms. The molecule has 0 unspecified atom stereocenters. The molecule has 0 atom stereocenters. The van der Waals surface area contributed by atoms with E-state index in [9.17, 15) is 19.7 Å². The topological polar surface area (TPSA) is 131 Å². The highest BCUT2D eigenvalue weighted by Gasteiger charge is 2.15. The summed E-state index contributed by atoms with van der Waals surface area (Å²) in [6, 6.07) is 10.1. The van der Waals surface area contributed by atoms with Crippen molar-refractivity contribution in [2.75, 3.05) is 32.6 Å². The number of likely N-dealkylation sites (N-methyl/N-ethyl adjacent to an activating group) is 1. The highest BCUT2D eigenvalue weighted by Crippen LogP contribution is 2.30. The van der Waals surface area contributed by atoms with Gasteiger partial charge in [-0.05, 0) is 42.3 Å². The van der Waals surface area contributed by atoms with Gasteiger partial charge in [0.15, 0.2) is 0 Å². The average Bonchev–Trinajstić information content (AvgIpc) is 2.83. The van der Waals surface area contributed by atoms with Crippen molar-refractivity contribution in [1.82, 2.24) is 4.90 Å². The number of rotatable bonds is 10. The zero-order chi connectivity index (χ0) is 25.3. The number of nitro groups is 1. The molecule has 10 nitrogen and oxygen atoms in total. The number of amides is 1. The third-order valence-electron chi connectivity index (χ3n) is 4.89. The SMILES string of the molecule is C=C(CO)C(=O)N(C)C/C=C(\CC)c1cc(OC(=O)Oc2ccc([N+](=O)[O-])cc2)ccc1NC. The summed E-state index contributed by atoms with van der Waals surface area (Å²) in [6.45, 7) is 5.38. The van der Waals surface area contributed by atoms with Gasteiger partial charge < -0.3 is 24.8 Å². The molecule has 0 fully saturated rings. The Labute approximate surface area is 197 Å². The van der Waals surface area contributed by atoms with Crippen molar-refractivity contribution in [2.45, 2.75) is 13.3 Å². The van der Waals surface area contributed by atoms with E-state index in [1.54, 1.807) is 32.3 Å². The number of anilines is 1. The van der Waals surface area contributed by atoms with Gasteiger partial charge in [0.25, 0.3) is 11.6 Å². The smallest absolute Gasteiger partial charge is 0.395 e. The van der Waals surface area contributed by atoms with Crippen molar-refractivity contribution >= 4 is 29.0 Å². The van der Waals surface area contributed by atoms with Crippen molar-refractivity contribution in [3.05, 3.63) is 76.4 Å². The molecule has 2 rings (SSSR count). The third kappa shape index (κ3) is 6.91. The zero-order valence-electron chi connectivity index (χ0n) is 19.2. The van der Waals surface area contributed by atoms with Crippen molar-refractivity contribution in [1.29, 1.82) is 0 Å². The average molecular weight is 469 g/mol. The number of aliphatic hydroxyl groups is 1. The van der Waals surface area contributed by atoms with Crippen LogP contribution in [0, 0.1) is 10.1 Å². The number of benzene rings is 2. The summed E-state index contributed by atoms with van der Waals surface area (Å²) in [5, 5.41) is 22.9. The predicted octanol–water partition coefficient (Wildman–Crippen LogP) is 4.01. The van der Waals surface area contributed by atoms with E-state index in [2.05, 4.69) is 11.9 Å². The van der Waals surface area contributed by atoms with Gasteiger partial charge in [-0.25, -0.2) is 4.79 Å². The summed E-state index contributed by atoms with van der Waals surface area (Å²) in [6.07, 6.45) is 1.51. The molecule has 2 N–H and O–H groups in total. The summed E-state index contributed by atoms with van der Waals surface area (Å²) in [4.78, 5) is 36.0. The van der Waals surface area contributed by atoms with Gasteiger partial charge in [-0.3, -0.25) is 14.9 Å². The molecule has 0 aliphatic carbocycles. The van der Waals surface area contributed by atoms with E-state index in [1.165, 1.54) is 29.2 Å². The number of aliphatic hydroxyl groups excluding tert-OH is 1. The van der Waals surface area contributed by atoms with Crippen molar-refractivity contribution < 1.29 is 29.1 Å². The normalized spacial score (nSPS) is 10.9. The van der Waals surface area contributed by atoms with Crippen LogP contribution in [0.25, 0.3) is 5.57 Å². The van der Waals surface area contributed by atoms with E-state index in [1.807, 2.05) is 13.0 Å². The number of carbonyl (C=O) groups is 2. The fourth-order valence-corrected chi connectivity index (χ4v) is 3.03. The van der Waals surface area contributed by atoms with E-state index in [0.717, 1.165) is 16.8 Å². The Morgan fingerprint density at radius 2 is 1.79 bits per heavy atom. The fraction of sp³-hybridized carbons (Fsp3) is 0.250. The second-order valence-electron chi connectivity index (χ2n) is 7.19. The Morgan fingerprint density at radius 1 is 1.18 bits per heavy atom. The maximum absolute atomic E-state index is 12.2. The van der Waals surface area contributed by atoms with E-state index in [4.69, 9.17) is 14.6 Å². The predicted molar refractivity (Wildman–Crippen MR) is 128 cm³/mol. The van der Waals surface area contributed by atoms with Crippen LogP contribution in [0.4, 0.5) is 16.2 Å². The molecule has 0 aliphatic rings. The molecule has 1 amide bonds. The van der Waals surface area contributed by atoms with Crippen LogP contribution in [-0.4, -0.2) is 54.2 Å². The number of hydrogen-bond acceptors (Lipinski definition) is 8. The largest absolute Gasteiger partial charge is 0.519 e. The molecule has 2 aromatic rings. The first kappa shape index (κ1) is 26.1. The second-order valence-corrected chi connectivity index (χ2v) is 7.19. The Bertz CT molecular complexity index is 1090. The first-order chi connectivity index (χ1) is 16.2. The molecule has 0 spiro atoms. The Hall–Kier alpha value is -4.18.